The molecule has 0 spiro atoms. The molecule has 4 nitrogen and oxygen atoms in total. The molecule has 1 aliphatic rings. The largest absolute Gasteiger partial charge is 0.488 e. The zero-order valence-electron chi connectivity index (χ0n) is 11.5. The van der Waals surface area contributed by atoms with Gasteiger partial charge in [0.15, 0.2) is 11.4 Å². The fourth-order valence-electron chi connectivity index (χ4n) is 2.50. The molecule has 2 rings (SSSR count). The number of carboxylic acids is 1. The van der Waals surface area contributed by atoms with Crippen molar-refractivity contribution in [2.75, 3.05) is 0 Å². The molecule has 21 heavy (non-hydrogen) atoms. The molecule has 0 aliphatic heterocycles. The molecule has 0 bridgehead atoms. The summed E-state index contributed by atoms with van der Waals surface area (Å²) in [4.78, 5) is 14.5. The van der Waals surface area contributed by atoms with Crippen LogP contribution in [-0.2, 0) is 11.0 Å². The van der Waals surface area contributed by atoms with Crippen molar-refractivity contribution in [3.05, 3.63) is 23.5 Å². The van der Waals surface area contributed by atoms with Gasteiger partial charge < -0.3 is 9.84 Å². The Morgan fingerprint density at radius 2 is 2.10 bits per heavy atom. The van der Waals surface area contributed by atoms with Crippen LogP contribution < -0.4 is 4.74 Å². The van der Waals surface area contributed by atoms with Gasteiger partial charge in [0.1, 0.15) is 0 Å². The van der Waals surface area contributed by atoms with Crippen molar-refractivity contribution in [3.8, 4) is 5.75 Å². The van der Waals surface area contributed by atoms with E-state index in [1.54, 1.807) is 0 Å². The molecule has 0 unspecified atom stereocenters. The van der Waals surface area contributed by atoms with Gasteiger partial charge in [-0.3, -0.25) is 4.79 Å². The van der Waals surface area contributed by atoms with E-state index in [9.17, 15) is 18.0 Å². The zero-order valence-corrected chi connectivity index (χ0v) is 11.5. The van der Waals surface area contributed by atoms with E-state index < -0.39 is 29.9 Å². The van der Waals surface area contributed by atoms with Gasteiger partial charge in [-0.25, -0.2) is 4.98 Å². The van der Waals surface area contributed by atoms with Crippen LogP contribution in [0.5, 0.6) is 5.75 Å². The van der Waals surface area contributed by atoms with Crippen LogP contribution in [0, 0.1) is 12.8 Å². The van der Waals surface area contributed by atoms with Crippen molar-refractivity contribution in [2.24, 2.45) is 5.92 Å². The molecular weight excluding hydrogens is 287 g/mol. The standard InChI is InChI=1S/C14H16F3NO3/c1-8-5-6-11(12(18-8)14(15,16)17)21-10-4-2-3-9(7-10)13(19)20/h5-6,9-10H,2-4,7H2,1H3,(H,19,20)/t9-,10-/m0/s1. The number of carbonyl (C=O) groups is 1. The number of carboxylic acid groups (broad SMARTS) is 1. The second kappa shape index (κ2) is 5.91. The Bertz CT molecular complexity index is 531. The Hall–Kier alpha value is -1.79. The van der Waals surface area contributed by atoms with Crippen molar-refractivity contribution >= 4 is 5.97 Å². The summed E-state index contributed by atoms with van der Waals surface area (Å²) < 4.78 is 44.3. The molecule has 1 aromatic rings. The fourth-order valence-corrected chi connectivity index (χ4v) is 2.50. The van der Waals surface area contributed by atoms with Crippen LogP contribution in [0.25, 0.3) is 0 Å². The number of aliphatic carboxylic acids is 1. The number of hydrogen-bond acceptors (Lipinski definition) is 3. The van der Waals surface area contributed by atoms with E-state index in [0.717, 1.165) is 0 Å². The second-order valence-corrected chi connectivity index (χ2v) is 5.24. The van der Waals surface area contributed by atoms with Crippen LogP contribution in [0.1, 0.15) is 37.1 Å². The number of ether oxygens (including phenoxy) is 1. The second-order valence-electron chi connectivity index (χ2n) is 5.24. The highest BCUT2D eigenvalue weighted by Gasteiger charge is 2.38. The number of halogens is 3. The van der Waals surface area contributed by atoms with E-state index in [2.05, 4.69) is 4.98 Å². The SMILES string of the molecule is Cc1ccc(O[C@H]2CCC[C@H](C(=O)O)C2)c(C(F)(F)F)n1. The quantitative estimate of drug-likeness (QED) is 0.929. The molecule has 1 saturated carbocycles. The highest BCUT2D eigenvalue weighted by Crippen LogP contribution is 2.37. The molecule has 1 heterocycles. The summed E-state index contributed by atoms with van der Waals surface area (Å²) in [6.07, 6.45) is -3.18. The minimum Gasteiger partial charge on any atom is -0.488 e. The summed E-state index contributed by atoms with van der Waals surface area (Å²) in [5, 5.41) is 8.99. The molecule has 7 heteroatoms. The number of pyridine rings is 1. The smallest absolute Gasteiger partial charge is 0.437 e. The first-order valence-electron chi connectivity index (χ1n) is 6.71. The van der Waals surface area contributed by atoms with E-state index in [1.165, 1.54) is 19.1 Å². The molecule has 1 aliphatic carbocycles. The van der Waals surface area contributed by atoms with Crippen LogP contribution in [0.3, 0.4) is 0 Å². The zero-order chi connectivity index (χ0) is 15.6. The fraction of sp³-hybridized carbons (Fsp3) is 0.571. The highest BCUT2D eigenvalue weighted by molar-refractivity contribution is 5.70. The van der Waals surface area contributed by atoms with Gasteiger partial charge in [-0.05, 0) is 44.7 Å². The number of aryl methyl sites for hydroxylation is 1. The molecule has 1 fully saturated rings. The monoisotopic (exact) mass is 303 g/mol. The molecule has 1 aromatic heterocycles. The Kier molecular flexibility index (Phi) is 4.39. The first kappa shape index (κ1) is 15.6. The van der Waals surface area contributed by atoms with Crippen molar-refractivity contribution in [1.29, 1.82) is 0 Å². The van der Waals surface area contributed by atoms with Gasteiger partial charge in [0.2, 0.25) is 0 Å². The van der Waals surface area contributed by atoms with E-state index in [-0.39, 0.29) is 17.9 Å². The van der Waals surface area contributed by atoms with Gasteiger partial charge in [0.25, 0.3) is 0 Å². The van der Waals surface area contributed by atoms with Crippen LogP contribution in [0.2, 0.25) is 0 Å². The van der Waals surface area contributed by atoms with Crippen molar-refractivity contribution in [2.45, 2.75) is 44.9 Å². The number of aromatic nitrogens is 1. The Morgan fingerprint density at radius 3 is 2.71 bits per heavy atom. The molecule has 116 valence electrons. The molecule has 1 N–H and O–H groups in total. The van der Waals surface area contributed by atoms with E-state index in [4.69, 9.17) is 9.84 Å². The van der Waals surface area contributed by atoms with Gasteiger partial charge in [-0.1, -0.05) is 0 Å². The van der Waals surface area contributed by atoms with E-state index >= 15 is 0 Å². The van der Waals surface area contributed by atoms with E-state index in [0.29, 0.717) is 19.3 Å². The summed E-state index contributed by atoms with van der Waals surface area (Å²) in [6.45, 7) is 1.47. The van der Waals surface area contributed by atoms with Crippen LogP contribution in [-0.4, -0.2) is 22.2 Å². The van der Waals surface area contributed by atoms with Crippen molar-refractivity contribution < 1.29 is 27.8 Å². The third kappa shape index (κ3) is 3.86. The van der Waals surface area contributed by atoms with Gasteiger partial charge in [-0.2, -0.15) is 13.2 Å². The lowest BCUT2D eigenvalue weighted by atomic mass is 9.87. The number of rotatable bonds is 3. The molecular formula is C14H16F3NO3. The maximum Gasteiger partial charge on any atom is 0.437 e. The predicted molar refractivity (Wildman–Crippen MR) is 68.0 cm³/mol. The average molecular weight is 303 g/mol. The van der Waals surface area contributed by atoms with Crippen LogP contribution in [0.4, 0.5) is 13.2 Å². The van der Waals surface area contributed by atoms with Crippen LogP contribution in [0.15, 0.2) is 12.1 Å². The first-order chi connectivity index (χ1) is 9.77. The third-order valence-corrected chi connectivity index (χ3v) is 3.53. The summed E-state index contributed by atoms with van der Waals surface area (Å²) in [5.74, 6) is -1.82. The molecule has 2 atom stereocenters. The first-order valence-corrected chi connectivity index (χ1v) is 6.71. The summed E-state index contributed by atoms with van der Waals surface area (Å²) in [5.41, 5.74) is -0.804. The van der Waals surface area contributed by atoms with E-state index in [1.807, 2.05) is 0 Å². The van der Waals surface area contributed by atoms with Gasteiger partial charge in [-0.15, -0.1) is 0 Å². The summed E-state index contributed by atoms with van der Waals surface area (Å²) >= 11 is 0. The number of nitrogens with zero attached hydrogens (tertiary/aromatic N) is 1. The Labute approximate surface area is 119 Å². The lowest BCUT2D eigenvalue weighted by Gasteiger charge is -2.28. The van der Waals surface area contributed by atoms with Gasteiger partial charge >= 0.3 is 12.1 Å². The van der Waals surface area contributed by atoms with Gasteiger partial charge in [0, 0.05) is 5.69 Å². The Morgan fingerprint density at radius 1 is 1.38 bits per heavy atom. The predicted octanol–water partition coefficient (Wildman–Crippen LogP) is 3.43. The Balaban J connectivity index is 2.18. The van der Waals surface area contributed by atoms with Crippen molar-refractivity contribution in [1.82, 2.24) is 4.98 Å². The molecule has 0 aromatic carbocycles. The maximum absolute atomic E-state index is 13.0. The lowest BCUT2D eigenvalue weighted by molar-refractivity contribution is -0.146. The maximum atomic E-state index is 13.0. The molecule has 0 saturated heterocycles. The highest BCUT2D eigenvalue weighted by atomic mass is 19.4. The summed E-state index contributed by atoms with van der Waals surface area (Å²) in [6, 6.07) is 2.69. The lowest BCUT2D eigenvalue weighted by Crippen LogP contribution is -2.30. The summed E-state index contributed by atoms with van der Waals surface area (Å²) in [7, 11) is 0. The third-order valence-electron chi connectivity index (χ3n) is 3.53. The average Bonchev–Trinajstić information content (AvgIpc) is 2.40. The molecule has 0 amide bonds. The topological polar surface area (TPSA) is 59.4 Å². The number of hydrogen-bond donors (Lipinski definition) is 1. The number of alkyl halides is 3. The molecule has 0 radical (unpaired) electrons. The minimum atomic E-state index is -4.60. The van der Waals surface area contributed by atoms with Crippen LogP contribution >= 0.6 is 0 Å². The van der Waals surface area contributed by atoms with Crippen molar-refractivity contribution in [3.63, 3.8) is 0 Å². The normalized spacial score (nSPS) is 22.9. The van der Waals surface area contributed by atoms with Gasteiger partial charge in [0.05, 0.1) is 12.0 Å². The minimum absolute atomic E-state index is 0.223.